The Bertz CT molecular complexity index is 386. The van der Waals surface area contributed by atoms with E-state index >= 15 is 0 Å². The number of hydrogen-bond acceptors (Lipinski definition) is 3. The zero-order valence-electron chi connectivity index (χ0n) is 11.5. The number of carboxylic acids is 1. The van der Waals surface area contributed by atoms with Gasteiger partial charge in [0.25, 0.3) is 0 Å². The lowest BCUT2D eigenvalue weighted by Gasteiger charge is -2.39. The molecule has 0 bridgehead atoms. The van der Waals surface area contributed by atoms with Crippen molar-refractivity contribution in [2.24, 2.45) is 11.1 Å². The fourth-order valence-electron chi connectivity index (χ4n) is 0.922. The molecule has 19 heavy (non-hydrogen) atoms. The summed E-state index contributed by atoms with van der Waals surface area (Å²) >= 11 is 0. The normalized spacial score (nSPS) is 16.7. The van der Waals surface area contributed by atoms with Crippen LogP contribution in [0.1, 0.15) is 34.6 Å². The van der Waals surface area contributed by atoms with Crippen LogP contribution >= 0.6 is 0 Å². The highest BCUT2D eigenvalue weighted by molar-refractivity contribution is 5.90. The van der Waals surface area contributed by atoms with E-state index in [0.717, 1.165) is 0 Å². The minimum Gasteiger partial charge on any atom is -0.479 e. The molecule has 1 unspecified atom stereocenters. The number of carbonyl (C=O) groups is 2. The Hall–Kier alpha value is -1.31. The predicted octanol–water partition coefficient (Wildman–Crippen LogP) is 1.27. The summed E-state index contributed by atoms with van der Waals surface area (Å²) in [5, 5.41) is 10.3. The molecule has 0 radical (unpaired) electrons. The minimum atomic E-state index is -5.12. The van der Waals surface area contributed by atoms with Crippen LogP contribution in [0.25, 0.3) is 0 Å². The Morgan fingerprint density at radius 1 is 1.05 bits per heavy atom. The molecule has 0 aromatic heterocycles. The van der Waals surface area contributed by atoms with Crippen LogP contribution in [0.3, 0.4) is 0 Å². The Labute approximate surface area is 109 Å². The Morgan fingerprint density at radius 2 is 1.42 bits per heavy atom. The van der Waals surface area contributed by atoms with Gasteiger partial charge in [0.15, 0.2) is 0 Å². The number of hydrogen-bond donors (Lipinski definition) is 3. The van der Waals surface area contributed by atoms with Crippen molar-refractivity contribution in [3.8, 4) is 0 Å². The van der Waals surface area contributed by atoms with Crippen LogP contribution < -0.4 is 11.1 Å². The van der Waals surface area contributed by atoms with Gasteiger partial charge in [-0.2, -0.15) is 13.2 Å². The first-order valence-electron chi connectivity index (χ1n) is 5.49. The number of carbonyl (C=O) groups excluding carboxylic acids is 1. The van der Waals surface area contributed by atoms with E-state index in [1.165, 1.54) is 33.0 Å². The Kier molecular flexibility index (Phi) is 4.34. The van der Waals surface area contributed by atoms with Crippen LogP contribution in [-0.4, -0.2) is 34.2 Å². The predicted molar refractivity (Wildman–Crippen MR) is 62.3 cm³/mol. The summed E-state index contributed by atoms with van der Waals surface area (Å²) in [5.41, 5.74) is -0.129. The van der Waals surface area contributed by atoms with E-state index in [0.29, 0.717) is 6.92 Å². The van der Waals surface area contributed by atoms with E-state index in [4.69, 9.17) is 10.8 Å². The van der Waals surface area contributed by atoms with E-state index < -0.39 is 34.5 Å². The third-order valence-corrected chi connectivity index (χ3v) is 3.54. The van der Waals surface area contributed by atoms with Gasteiger partial charge in [-0.15, -0.1) is 0 Å². The Morgan fingerprint density at radius 3 is 1.63 bits per heavy atom. The molecule has 112 valence electrons. The fraction of sp³-hybridized carbons (Fsp3) is 0.818. The minimum absolute atomic E-state index is 0.396. The lowest BCUT2D eigenvalue weighted by atomic mass is 9.74. The first-order valence-corrected chi connectivity index (χ1v) is 5.49. The molecule has 5 nitrogen and oxygen atoms in total. The van der Waals surface area contributed by atoms with Crippen molar-refractivity contribution in [2.45, 2.75) is 51.9 Å². The SMILES string of the molecule is CC(C)(N)C(C)(C)C(=O)NC(C)(C(=O)O)C(F)(F)F. The molecule has 0 heterocycles. The van der Waals surface area contributed by atoms with Crippen molar-refractivity contribution >= 4 is 11.9 Å². The molecule has 0 aliphatic rings. The van der Waals surface area contributed by atoms with Gasteiger partial charge in [-0.25, -0.2) is 4.79 Å². The molecule has 4 N–H and O–H groups in total. The Balaban J connectivity index is 5.45. The topological polar surface area (TPSA) is 92.4 Å². The van der Waals surface area contributed by atoms with Crippen LogP contribution in [0.4, 0.5) is 13.2 Å². The van der Waals surface area contributed by atoms with Gasteiger partial charge in [-0.1, -0.05) is 0 Å². The molecular formula is C11H19F3N2O3. The number of nitrogens with one attached hydrogen (secondary N) is 1. The third kappa shape index (κ3) is 3.17. The molecule has 8 heteroatoms. The maximum atomic E-state index is 12.8. The molecule has 0 aromatic rings. The molecule has 0 fully saturated rings. The third-order valence-electron chi connectivity index (χ3n) is 3.54. The summed E-state index contributed by atoms with van der Waals surface area (Å²) in [5.74, 6) is -3.26. The first-order chi connectivity index (χ1) is 8.07. The average Bonchev–Trinajstić information content (AvgIpc) is 2.13. The summed E-state index contributed by atoms with van der Waals surface area (Å²) in [6.45, 7) is 6.03. The van der Waals surface area contributed by atoms with Crippen molar-refractivity contribution in [1.82, 2.24) is 5.32 Å². The van der Waals surface area contributed by atoms with Crippen LogP contribution in [-0.2, 0) is 9.59 Å². The lowest BCUT2D eigenvalue weighted by molar-refractivity contribution is -0.208. The van der Waals surface area contributed by atoms with Gasteiger partial charge >= 0.3 is 12.1 Å². The van der Waals surface area contributed by atoms with Crippen LogP contribution in [0.5, 0.6) is 0 Å². The molecule has 0 spiro atoms. The standard InChI is InChI=1S/C11H19F3N2O3/c1-8(2,9(3,4)15)6(17)16-10(5,7(18)19)11(12,13)14/h15H2,1-5H3,(H,16,17)(H,18,19). The van der Waals surface area contributed by atoms with Gasteiger partial charge in [0, 0.05) is 5.54 Å². The van der Waals surface area contributed by atoms with E-state index in [1.54, 1.807) is 0 Å². The smallest absolute Gasteiger partial charge is 0.422 e. The van der Waals surface area contributed by atoms with Crippen LogP contribution in [0.15, 0.2) is 0 Å². The van der Waals surface area contributed by atoms with E-state index in [-0.39, 0.29) is 0 Å². The van der Waals surface area contributed by atoms with E-state index in [9.17, 15) is 22.8 Å². The monoisotopic (exact) mass is 284 g/mol. The van der Waals surface area contributed by atoms with Gasteiger partial charge in [-0.3, -0.25) is 4.79 Å². The number of aliphatic carboxylic acids is 1. The van der Waals surface area contributed by atoms with Crippen LogP contribution in [0.2, 0.25) is 0 Å². The molecule has 1 amide bonds. The zero-order chi connectivity index (χ0) is 15.9. The average molecular weight is 284 g/mol. The molecular weight excluding hydrogens is 265 g/mol. The van der Waals surface area contributed by atoms with Gasteiger partial charge in [-0.05, 0) is 34.6 Å². The zero-order valence-corrected chi connectivity index (χ0v) is 11.5. The highest BCUT2D eigenvalue weighted by atomic mass is 19.4. The number of halogens is 3. The van der Waals surface area contributed by atoms with E-state index in [1.807, 2.05) is 0 Å². The molecule has 0 aliphatic heterocycles. The second kappa shape index (κ2) is 4.66. The van der Waals surface area contributed by atoms with Crippen molar-refractivity contribution in [3.05, 3.63) is 0 Å². The molecule has 1 atom stereocenters. The number of rotatable bonds is 4. The maximum Gasteiger partial charge on any atom is 0.422 e. The van der Waals surface area contributed by atoms with E-state index in [2.05, 4.69) is 0 Å². The summed E-state index contributed by atoms with van der Waals surface area (Å²) in [7, 11) is 0. The molecule has 0 rings (SSSR count). The second-order valence-electron chi connectivity index (χ2n) is 5.73. The fourth-order valence-corrected chi connectivity index (χ4v) is 0.922. The maximum absolute atomic E-state index is 12.8. The van der Waals surface area contributed by atoms with Gasteiger partial charge in [0.2, 0.25) is 11.4 Å². The van der Waals surface area contributed by atoms with Gasteiger partial charge in [0.1, 0.15) is 0 Å². The summed E-state index contributed by atoms with van der Waals surface area (Å²) in [6.07, 6.45) is -5.12. The molecule has 0 aromatic carbocycles. The first kappa shape index (κ1) is 17.7. The van der Waals surface area contributed by atoms with Crippen molar-refractivity contribution < 1.29 is 27.9 Å². The molecule has 0 saturated carbocycles. The van der Waals surface area contributed by atoms with Gasteiger partial charge in [0.05, 0.1) is 5.41 Å². The highest BCUT2D eigenvalue weighted by Gasteiger charge is 2.60. The summed E-state index contributed by atoms with van der Waals surface area (Å²) < 4.78 is 38.3. The van der Waals surface area contributed by atoms with Crippen molar-refractivity contribution in [3.63, 3.8) is 0 Å². The van der Waals surface area contributed by atoms with Crippen molar-refractivity contribution in [2.75, 3.05) is 0 Å². The molecule has 0 saturated heterocycles. The second-order valence-corrected chi connectivity index (χ2v) is 5.73. The van der Waals surface area contributed by atoms with Gasteiger partial charge < -0.3 is 16.2 Å². The lowest BCUT2D eigenvalue weighted by Crippen LogP contribution is -2.66. The van der Waals surface area contributed by atoms with Crippen LogP contribution in [0, 0.1) is 5.41 Å². The highest BCUT2D eigenvalue weighted by Crippen LogP contribution is 2.34. The number of alkyl halides is 3. The summed E-state index contributed by atoms with van der Waals surface area (Å²) in [4.78, 5) is 22.7. The van der Waals surface area contributed by atoms with Crippen molar-refractivity contribution in [1.29, 1.82) is 0 Å². The number of nitrogens with two attached hydrogens (primary N) is 1. The largest absolute Gasteiger partial charge is 0.479 e. The number of carboxylic acid groups (broad SMARTS) is 1. The quantitative estimate of drug-likeness (QED) is 0.725. The number of amides is 1. The summed E-state index contributed by atoms with van der Waals surface area (Å²) in [6, 6.07) is 0. The molecule has 0 aliphatic carbocycles.